The Balaban J connectivity index is 0.000000204. The maximum atomic E-state index is 13.8. The highest BCUT2D eigenvalue weighted by Gasteiger charge is 2.23. The third kappa shape index (κ3) is 10.3. The molecule has 0 unspecified atom stereocenters. The topological polar surface area (TPSA) is 160 Å². The summed E-state index contributed by atoms with van der Waals surface area (Å²) in [6, 6.07) is 27.1. The third-order valence-corrected chi connectivity index (χ3v) is 12.0. The van der Waals surface area contributed by atoms with E-state index in [2.05, 4.69) is 20.1 Å². The van der Waals surface area contributed by atoms with Crippen LogP contribution in [0, 0.1) is 5.82 Å². The van der Waals surface area contributed by atoms with Crippen LogP contribution in [0.4, 0.5) is 27.1 Å². The molecule has 4 aromatic carbocycles. The number of hydrogen-bond acceptors (Lipinski definition) is 9. The van der Waals surface area contributed by atoms with E-state index in [0.717, 1.165) is 34.8 Å². The van der Waals surface area contributed by atoms with Crippen LogP contribution in [0.5, 0.6) is 5.75 Å². The molecule has 0 spiro atoms. The number of methoxy groups -OCH3 is 1. The molecule has 0 aliphatic heterocycles. The van der Waals surface area contributed by atoms with Crippen LogP contribution >= 0.6 is 45.9 Å². The summed E-state index contributed by atoms with van der Waals surface area (Å²) in [7, 11) is -6.50. The molecule has 0 fully saturated rings. The predicted octanol–water partition coefficient (Wildman–Crippen LogP) is 9.06. The molecular weight excluding hydrogens is 807 g/mol. The van der Waals surface area contributed by atoms with E-state index in [1.54, 1.807) is 77.5 Å². The Kier molecular flexibility index (Phi) is 12.8. The van der Waals surface area contributed by atoms with Gasteiger partial charge in [-0.25, -0.2) is 21.2 Å². The van der Waals surface area contributed by atoms with E-state index in [-0.39, 0.29) is 26.0 Å². The lowest BCUT2D eigenvalue weighted by Gasteiger charge is -2.10. The SMILES string of the molecule is COc1ccc(S(=O)(=O)Nc2ccsc2C(=O)Nc2ccc(Cl)cc2)cc1.O=C(Nc1ccc(Cl)cc1)c1sccc1NS(=O)(=O)c1ccccc1F. The van der Waals surface area contributed by atoms with Gasteiger partial charge in [-0.2, -0.15) is 0 Å². The summed E-state index contributed by atoms with van der Waals surface area (Å²) in [5.74, 6) is -1.23. The molecule has 0 aliphatic rings. The van der Waals surface area contributed by atoms with Gasteiger partial charge in [-0.1, -0.05) is 35.3 Å². The van der Waals surface area contributed by atoms with Crippen molar-refractivity contribution in [3.05, 3.63) is 146 Å². The number of hydrogen-bond donors (Lipinski definition) is 4. The van der Waals surface area contributed by atoms with Gasteiger partial charge in [0.25, 0.3) is 31.9 Å². The zero-order valence-electron chi connectivity index (χ0n) is 27.2. The van der Waals surface area contributed by atoms with Crippen molar-refractivity contribution in [2.45, 2.75) is 9.79 Å². The minimum atomic E-state index is -4.16. The average Bonchev–Trinajstić information content (AvgIpc) is 3.80. The summed E-state index contributed by atoms with van der Waals surface area (Å²) in [6.07, 6.45) is 0. The minimum absolute atomic E-state index is 0.0681. The molecule has 0 saturated carbocycles. The molecule has 0 bridgehead atoms. The lowest BCUT2D eigenvalue weighted by Crippen LogP contribution is -2.17. The standard InChI is InChI=1S/C18H15ClN2O4S2.C17H12ClFN2O3S2/c1-25-14-6-8-15(9-7-14)27(23,24)21-16-10-11-26-17(16)18(22)20-13-4-2-12(19)3-5-13;18-11-5-7-12(8-6-11)20-17(22)16-14(9-10-25-16)21-26(23,24)15-4-2-1-3-13(15)19/h2-11,21H,1H3,(H,20,22);1-10,21H,(H,20,22). The van der Waals surface area contributed by atoms with Crippen LogP contribution < -0.4 is 24.8 Å². The van der Waals surface area contributed by atoms with E-state index in [4.69, 9.17) is 27.9 Å². The fourth-order valence-electron chi connectivity index (χ4n) is 4.39. The first-order chi connectivity index (χ1) is 25.3. The summed E-state index contributed by atoms with van der Waals surface area (Å²) in [4.78, 5) is 24.9. The van der Waals surface area contributed by atoms with Crippen LogP contribution in [0.3, 0.4) is 0 Å². The fourth-order valence-corrected chi connectivity index (χ4v) is 8.49. The molecule has 2 aromatic heterocycles. The molecule has 18 heteroatoms. The zero-order valence-corrected chi connectivity index (χ0v) is 31.9. The van der Waals surface area contributed by atoms with Crippen LogP contribution in [0.1, 0.15) is 19.3 Å². The van der Waals surface area contributed by atoms with E-state index >= 15 is 0 Å². The Morgan fingerprint density at radius 1 is 0.623 bits per heavy atom. The van der Waals surface area contributed by atoms with Crippen LogP contribution in [0.15, 0.2) is 130 Å². The number of amides is 2. The molecule has 2 amide bonds. The highest BCUT2D eigenvalue weighted by molar-refractivity contribution is 7.93. The van der Waals surface area contributed by atoms with Crippen molar-refractivity contribution >= 4 is 100 Å². The number of thiophene rings is 2. The van der Waals surface area contributed by atoms with Crippen LogP contribution in [0.2, 0.25) is 10.0 Å². The molecular formula is C35H27Cl2FN4O7S4. The second-order valence-electron chi connectivity index (χ2n) is 10.6. The Morgan fingerprint density at radius 2 is 1.08 bits per heavy atom. The maximum Gasteiger partial charge on any atom is 0.267 e. The van der Waals surface area contributed by atoms with E-state index in [1.165, 1.54) is 37.4 Å². The summed E-state index contributed by atoms with van der Waals surface area (Å²) < 4.78 is 73.5. The Bertz CT molecular complexity index is 2440. The smallest absolute Gasteiger partial charge is 0.267 e. The van der Waals surface area contributed by atoms with Gasteiger partial charge in [-0.15, -0.1) is 22.7 Å². The fraction of sp³-hybridized carbons (Fsp3) is 0.0286. The van der Waals surface area contributed by atoms with Gasteiger partial charge in [0.15, 0.2) is 0 Å². The van der Waals surface area contributed by atoms with Gasteiger partial charge in [-0.3, -0.25) is 19.0 Å². The first-order valence-electron chi connectivity index (χ1n) is 15.0. The van der Waals surface area contributed by atoms with Gasteiger partial charge in [-0.05, 0) is 108 Å². The number of halogens is 3. The highest BCUT2D eigenvalue weighted by Crippen LogP contribution is 2.29. The molecule has 0 atom stereocenters. The summed E-state index contributed by atoms with van der Waals surface area (Å²) in [5, 5.41) is 9.65. The largest absolute Gasteiger partial charge is 0.497 e. The van der Waals surface area contributed by atoms with Gasteiger partial charge < -0.3 is 15.4 Å². The maximum absolute atomic E-state index is 13.8. The number of nitrogens with one attached hydrogen (secondary N) is 4. The lowest BCUT2D eigenvalue weighted by molar-refractivity contribution is 0.102. The molecule has 0 radical (unpaired) electrons. The molecule has 11 nitrogen and oxygen atoms in total. The van der Waals surface area contributed by atoms with Gasteiger partial charge in [0, 0.05) is 21.4 Å². The second kappa shape index (κ2) is 17.2. The second-order valence-corrected chi connectivity index (χ2v) is 16.6. The quantitative estimate of drug-likeness (QED) is 0.101. The van der Waals surface area contributed by atoms with Gasteiger partial charge in [0.2, 0.25) is 0 Å². The van der Waals surface area contributed by atoms with Crippen LogP contribution in [-0.4, -0.2) is 35.8 Å². The molecule has 274 valence electrons. The predicted molar refractivity (Wildman–Crippen MR) is 208 cm³/mol. The third-order valence-electron chi connectivity index (χ3n) is 6.93. The van der Waals surface area contributed by atoms with E-state index < -0.39 is 42.6 Å². The molecule has 53 heavy (non-hydrogen) atoms. The van der Waals surface area contributed by atoms with Crippen molar-refractivity contribution in [3.63, 3.8) is 0 Å². The normalized spacial score (nSPS) is 11.1. The van der Waals surface area contributed by atoms with Gasteiger partial charge in [0.1, 0.15) is 26.2 Å². The summed E-state index contributed by atoms with van der Waals surface area (Å²) in [6.45, 7) is 0. The number of rotatable bonds is 11. The summed E-state index contributed by atoms with van der Waals surface area (Å²) in [5.41, 5.74) is 1.35. The molecule has 0 aliphatic carbocycles. The van der Waals surface area contributed by atoms with Crippen LogP contribution in [-0.2, 0) is 20.0 Å². The first kappa shape index (κ1) is 39.2. The van der Waals surface area contributed by atoms with E-state index in [9.17, 15) is 30.8 Å². The number of ether oxygens (including phenoxy) is 1. The van der Waals surface area contributed by atoms with Crippen molar-refractivity contribution in [2.24, 2.45) is 0 Å². The number of carbonyl (C=O) groups is 2. The number of anilines is 4. The molecule has 6 rings (SSSR count). The van der Waals surface area contributed by atoms with Crippen molar-refractivity contribution in [1.29, 1.82) is 0 Å². The molecule has 0 saturated heterocycles. The van der Waals surface area contributed by atoms with Crippen molar-refractivity contribution in [2.75, 3.05) is 27.2 Å². The van der Waals surface area contributed by atoms with Crippen LogP contribution in [0.25, 0.3) is 0 Å². The average molecular weight is 834 g/mol. The van der Waals surface area contributed by atoms with E-state index in [1.807, 2.05) is 0 Å². The van der Waals surface area contributed by atoms with Gasteiger partial charge in [0.05, 0.1) is 23.4 Å². The monoisotopic (exact) mass is 832 g/mol. The Morgan fingerprint density at radius 3 is 1.53 bits per heavy atom. The zero-order chi connectivity index (χ0) is 38.2. The first-order valence-corrected chi connectivity index (χ1v) is 20.5. The minimum Gasteiger partial charge on any atom is -0.497 e. The number of benzene rings is 4. The Hall–Kier alpha value is -4.97. The van der Waals surface area contributed by atoms with E-state index in [0.29, 0.717) is 27.2 Å². The highest BCUT2D eigenvalue weighted by atomic mass is 35.5. The van der Waals surface area contributed by atoms with Crippen molar-refractivity contribution in [3.8, 4) is 5.75 Å². The van der Waals surface area contributed by atoms with Crippen molar-refractivity contribution in [1.82, 2.24) is 0 Å². The Labute approximate surface area is 322 Å². The van der Waals surface area contributed by atoms with Gasteiger partial charge >= 0.3 is 0 Å². The molecule has 4 N–H and O–H groups in total. The molecule has 2 heterocycles. The van der Waals surface area contributed by atoms with Crippen molar-refractivity contribution < 1.29 is 35.6 Å². The summed E-state index contributed by atoms with van der Waals surface area (Å²) >= 11 is 13.8. The number of sulfonamides is 2. The lowest BCUT2D eigenvalue weighted by atomic mass is 10.3. The molecule has 6 aromatic rings. The number of carbonyl (C=O) groups excluding carboxylic acids is 2.